The van der Waals surface area contributed by atoms with Crippen LogP contribution in [0.3, 0.4) is 0 Å². The first-order valence-corrected chi connectivity index (χ1v) is 8.89. The molecule has 1 aromatic rings. The molecule has 3 N–H and O–H groups in total. The molecule has 7 nitrogen and oxygen atoms in total. The highest BCUT2D eigenvalue weighted by Gasteiger charge is 2.26. The number of carbonyl (C=O) groups is 3. The Hall–Kier alpha value is -2.41. The number of benzene rings is 1. The van der Waals surface area contributed by atoms with E-state index in [1.807, 2.05) is 36.9 Å². The average Bonchev–Trinajstić information content (AvgIpc) is 2.58. The number of nitrogens with zero attached hydrogens (tertiary/aromatic N) is 2. The zero-order valence-electron chi connectivity index (χ0n) is 15.7. The van der Waals surface area contributed by atoms with E-state index in [1.54, 1.807) is 7.05 Å². The van der Waals surface area contributed by atoms with Gasteiger partial charge in [-0.05, 0) is 50.4 Å². The molecule has 1 aliphatic heterocycles. The second-order valence-corrected chi connectivity index (χ2v) is 7.09. The van der Waals surface area contributed by atoms with Crippen LogP contribution in [-0.4, -0.2) is 60.7 Å². The Morgan fingerprint density at radius 3 is 2.73 bits per heavy atom. The van der Waals surface area contributed by atoms with Crippen molar-refractivity contribution in [3.8, 4) is 0 Å². The van der Waals surface area contributed by atoms with Crippen molar-refractivity contribution in [2.75, 3.05) is 38.5 Å². The first-order chi connectivity index (χ1) is 12.3. The quantitative estimate of drug-likeness (QED) is 0.788. The third-order valence-electron chi connectivity index (χ3n) is 4.74. The minimum Gasteiger partial charge on any atom is -0.369 e. The minimum atomic E-state index is -0.316. The molecule has 1 aliphatic rings. The number of carbonyl (C=O) groups excluding carboxylic acids is 3. The van der Waals surface area contributed by atoms with E-state index >= 15 is 0 Å². The van der Waals surface area contributed by atoms with Crippen LogP contribution in [0.2, 0.25) is 0 Å². The number of likely N-dealkylation sites (tertiary alicyclic amines) is 1. The molecule has 0 unspecified atom stereocenters. The SMILES string of the molecule is Cc1ccc(C)c(NC(=O)CN(C)C(=O)CN2CCC[C@H](C(N)=O)C2)c1. The molecular weight excluding hydrogens is 332 g/mol. The van der Waals surface area contributed by atoms with Crippen LogP contribution in [0.25, 0.3) is 0 Å². The molecule has 2 rings (SSSR count). The lowest BCUT2D eigenvalue weighted by Gasteiger charge is -2.31. The maximum Gasteiger partial charge on any atom is 0.243 e. The van der Waals surface area contributed by atoms with Crippen LogP contribution < -0.4 is 11.1 Å². The number of anilines is 1. The molecule has 3 amide bonds. The Morgan fingerprint density at radius 1 is 1.31 bits per heavy atom. The number of hydrogen-bond donors (Lipinski definition) is 2. The van der Waals surface area contributed by atoms with Crippen LogP contribution in [0.1, 0.15) is 24.0 Å². The third-order valence-corrected chi connectivity index (χ3v) is 4.74. The van der Waals surface area contributed by atoms with Gasteiger partial charge in [-0.3, -0.25) is 19.3 Å². The standard InChI is InChI=1S/C19H28N4O3/c1-13-6-7-14(2)16(9-13)21-17(24)11-22(3)18(25)12-23-8-4-5-15(10-23)19(20)26/h6-7,9,15H,4-5,8,10-12H2,1-3H3,(H2,20,26)(H,21,24)/t15-/m0/s1. The normalized spacial score (nSPS) is 17.6. The minimum absolute atomic E-state index is 0.0146. The van der Waals surface area contributed by atoms with Gasteiger partial charge in [0.2, 0.25) is 17.7 Å². The monoisotopic (exact) mass is 360 g/mol. The number of primary amides is 1. The van der Waals surface area contributed by atoms with Gasteiger partial charge in [0, 0.05) is 19.3 Å². The van der Waals surface area contributed by atoms with Crippen LogP contribution in [0, 0.1) is 19.8 Å². The number of likely N-dealkylation sites (N-methyl/N-ethyl adjacent to an activating group) is 1. The molecule has 142 valence electrons. The van der Waals surface area contributed by atoms with Crippen LogP contribution >= 0.6 is 0 Å². The lowest BCUT2D eigenvalue weighted by molar-refractivity contribution is -0.135. The van der Waals surface area contributed by atoms with Crippen LogP contribution in [0.15, 0.2) is 18.2 Å². The van der Waals surface area contributed by atoms with E-state index in [4.69, 9.17) is 5.73 Å². The molecule has 1 heterocycles. The van der Waals surface area contributed by atoms with Gasteiger partial charge in [0.1, 0.15) is 0 Å². The van der Waals surface area contributed by atoms with Crippen LogP contribution in [-0.2, 0) is 14.4 Å². The number of aryl methyl sites for hydroxylation is 2. The predicted molar refractivity (Wildman–Crippen MR) is 101 cm³/mol. The third kappa shape index (κ3) is 5.56. The summed E-state index contributed by atoms with van der Waals surface area (Å²) in [6, 6.07) is 5.84. The fraction of sp³-hybridized carbons (Fsp3) is 0.526. The van der Waals surface area contributed by atoms with Crippen molar-refractivity contribution in [3.05, 3.63) is 29.3 Å². The van der Waals surface area contributed by atoms with Crippen molar-refractivity contribution in [1.29, 1.82) is 0 Å². The van der Waals surface area contributed by atoms with Crippen molar-refractivity contribution in [2.45, 2.75) is 26.7 Å². The van der Waals surface area contributed by atoms with Gasteiger partial charge in [-0.15, -0.1) is 0 Å². The van der Waals surface area contributed by atoms with E-state index < -0.39 is 0 Å². The summed E-state index contributed by atoms with van der Waals surface area (Å²) in [5.41, 5.74) is 8.16. The maximum absolute atomic E-state index is 12.4. The van der Waals surface area contributed by atoms with Gasteiger partial charge in [0.15, 0.2) is 0 Å². The molecule has 0 bridgehead atoms. The molecule has 0 aromatic heterocycles. The van der Waals surface area contributed by atoms with Gasteiger partial charge in [-0.2, -0.15) is 0 Å². The number of amides is 3. The van der Waals surface area contributed by atoms with E-state index in [-0.39, 0.29) is 36.7 Å². The first kappa shape index (κ1) is 19.9. The van der Waals surface area contributed by atoms with E-state index in [1.165, 1.54) is 4.90 Å². The topological polar surface area (TPSA) is 95.7 Å². The molecule has 0 aliphatic carbocycles. The molecule has 1 fully saturated rings. The summed E-state index contributed by atoms with van der Waals surface area (Å²) in [7, 11) is 1.61. The molecule has 0 saturated carbocycles. The van der Waals surface area contributed by atoms with Gasteiger partial charge in [-0.25, -0.2) is 0 Å². The van der Waals surface area contributed by atoms with Crippen molar-refractivity contribution >= 4 is 23.4 Å². The number of piperidine rings is 1. The summed E-state index contributed by atoms with van der Waals surface area (Å²) in [6.45, 7) is 5.33. The van der Waals surface area contributed by atoms with E-state index in [0.29, 0.717) is 6.54 Å². The van der Waals surface area contributed by atoms with Gasteiger partial charge in [-0.1, -0.05) is 12.1 Å². The fourth-order valence-corrected chi connectivity index (χ4v) is 3.11. The van der Waals surface area contributed by atoms with Crippen molar-refractivity contribution in [1.82, 2.24) is 9.80 Å². The van der Waals surface area contributed by atoms with Gasteiger partial charge in [0.25, 0.3) is 0 Å². The van der Waals surface area contributed by atoms with Crippen molar-refractivity contribution in [3.63, 3.8) is 0 Å². The number of rotatable bonds is 6. The number of nitrogens with two attached hydrogens (primary N) is 1. The summed E-state index contributed by atoms with van der Waals surface area (Å²) in [5, 5.41) is 2.85. The Kier molecular flexibility index (Phi) is 6.74. The van der Waals surface area contributed by atoms with E-state index in [9.17, 15) is 14.4 Å². The average molecular weight is 360 g/mol. The second-order valence-electron chi connectivity index (χ2n) is 7.09. The largest absolute Gasteiger partial charge is 0.369 e. The maximum atomic E-state index is 12.4. The summed E-state index contributed by atoms with van der Waals surface area (Å²) < 4.78 is 0. The molecule has 26 heavy (non-hydrogen) atoms. The summed E-state index contributed by atoms with van der Waals surface area (Å²) in [5.74, 6) is -0.896. The smallest absolute Gasteiger partial charge is 0.243 e. The fourth-order valence-electron chi connectivity index (χ4n) is 3.11. The zero-order valence-corrected chi connectivity index (χ0v) is 15.7. The summed E-state index contributed by atoms with van der Waals surface area (Å²) in [6.07, 6.45) is 1.62. The molecule has 1 atom stereocenters. The Morgan fingerprint density at radius 2 is 2.04 bits per heavy atom. The number of hydrogen-bond acceptors (Lipinski definition) is 4. The Balaban J connectivity index is 1.85. The highest BCUT2D eigenvalue weighted by molar-refractivity contribution is 5.95. The first-order valence-electron chi connectivity index (χ1n) is 8.89. The lowest BCUT2D eigenvalue weighted by Crippen LogP contribution is -2.47. The molecule has 7 heteroatoms. The molecular formula is C19H28N4O3. The molecule has 1 aromatic carbocycles. The summed E-state index contributed by atoms with van der Waals surface area (Å²) in [4.78, 5) is 39.3. The van der Waals surface area contributed by atoms with Gasteiger partial charge < -0.3 is 16.0 Å². The van der Waals surface area contributed by atoms with E-state index in [2.05, 4.69) is 5.32 Å². The zero-order chi connectivity index (χ0) is 19.3. The van der Waals surface area contributed by atoms with E-state index in [0.717, 1.165) is 36.2 Å². The molecule has 0 radical (unpaired) electrons. The van der Waals surface area contributed by atoms with Gasteiger partial charge >= 0.3 is 0 Å². The Labute approximate surface area is 154 Å². The van der Waals surface area contributed by atoms with Crippen molar-refractivity contribution in [2.24, 2.45) is 11.7 Å². The second kappa shape index (κ2) is 8.80. The molecule has 0 spiro atoms. The lowest BCUT2D eigenvalue weighted by atomic mass is 9.97. The van der Waals surface area contributed by atoms with Crippen molar-refractivity contribution < 1.29 is 14.4 Å². The molecule has 1 saturated heterocycles. The van der Waals surface area contributed by atoms with Crippen LogP contribution in [0.5, 0.6) is 0 Å². The highest BCUT2D eigenvalue weighted by atomic mass is 16.2. The Bertz CT molecular complexity index is 689. The highest BCUT2D eigenvalue weighted by Crippen LogP contribution is 2.17. The van der Waals surface area contributed by atoms with Crippen LogP contribution in [0.4, 0.5) is 5.69 Å². The van der Waals surface area contributed by atoms with Gasteiger partial charge in [0.05, 0.1) is 19.0 Å². The predicted octanol–water partition coefficient (Wildman–Crippen LogP) is 0.898. The summed E-state index contributed by atoms with van der Waals surface area (Å²) >= 11 is 0. The number of nitrogens with one attached hydrogen (secondary N) is 1.